The van der Waals surface area contributed by atoms with Crippen molar-refractivity contribution in [3.8, 4) is 0 Å². The molecule has 1 rings (SSSR count). The van der Waals surface area contributed by atoms with E-state index >= 15 is 0 Å². The first-order chi connectivity index (χ1) is 4.79. The first kappa shape index (κ1) is 7.52. The Morgan fingerprint density at radius 2 is 2.30 bits per heavy atom. The fourth-order valence-corrected chi connectivity index (χ4v) is 1.49. The lowest BCUT2D eigenvalue weighted by Gasteiger charge is -2.34. The Labute approximate surface area is 62.9 Å². The SMILES string of the molecule is C=C[C@@H]1CCC1C(C)=NC. The summed E-state index contributed by atoms with van der Waals surface area (Å²) in [4.78, 5) is 4.18. The summed E-state index contributed by atoms with van der Waals surface area (Å²) in [6.45, 7) is 5.91. The monoisotopic (exact) mass is 137 g/mol. The van der Waals surface area contributed by atoms with E-state index in [1.54, 1.807) is 0 Å². The van der Waals surface area contributed by atoms with Crippen molar-refractivity contribution in [1.29, 1.82) is 0 Å². The first-order valence-electron chi connectivity index (χ1n) is 3.85. The van der Waals surface area contributed by atoms with Crippen LogP contribution in [0.2, 0.25) is 0 Å². The van der Waals surface area contributed by atoms with Gasteiger partial charge in [0.15, 0.2) is 0 Å². The zero-order valence-corrected chi connectivity index (χ0v) is 6.80. The predicted molar refractivity (Wildman–Crippen MR) is 45.4 cm³/mol. The van der Waals surface area contributed by atoms with E-state index < -0.39 is 0 Å². The van der Waals surface area contributed by atoms with E-state index in [-0.39, 0.29) is 0 Å². The molecule has 2 atom stereocenters. The maximum absolute atomic E-state index is 4.18. The van der Waals surface area contributed by atoms with E-state index in [1.165, 1.54) is 18.6 Å². The molecule has 0 amide bonds. The Morgan fingerprint density at radius 3 is 2.60 bits per heavy atom. The van der Waals surface area contributed by atoms with Gasteiger partial charge in [-0.3, -0.25) is 4.99 Å². The Balaban J connectivity index is 2.50. The standard InChI is InChI=1S/C9H15N/c1-4-8-5-6-9(8)7(2)10-3/h4,8-9H,1,5-6H2,2-3H3/t8-,9?/m1/s1. The number of nitrogens with zero attached hydrogens (tertiary/aromatic N) is 1. The van der Waals surface area contributed by atoms with Gasteiger partial charge in [-0.1, -0.05) is 6.08 Å². The van der Waals surface area contributed by atoms with Crippen molar-refractivity contribution in [2.45, 2.75) is 19.8 Å². The molecule has 1 nitrogen and oxygen atoms in total. The third kappa shape index (κ3) is 1.13. The third-order valence-corrected chi connectivity index (χ3v) is 2.52. The Kier molecular flexibility index (Phi) is 2.25. The van der Waals surface area contributed by atoms with Crippen LogP contribution in [-0.4, -0.2) is 12.8 Å². The highest BCUT2D eigenvalue weighted by Gasteiger charge is 2.29. The average Bonchev–Trinajstić information content (AvgIpc) is 1.86. The molecule has 1 heteroatoms. The Morgan fingerprint density at radius 1 is 1.60 bits per heavy atom. The van der Waals surface area contributed by atoms with Crippen LogP contribution in [0.15, 0.2) is 17.6 Å². The number of hydrogen-bond donors (Lipinski definition) is 0. The van der Waals surface area contributed by atoms with Gasteiger partial charge in [0.2, 0.25) is 0 Å². The molecule has 10 heavy (non-hydrogen) atoms. The molecule has 56 valence electrons. The van der Waals surface area contributed by atoms with E-state index in [4.69, 9.17) is 0 Å². The van der Waals surface area contributed by atoms with Gasteiger partial charge < -0.3 is 0 Å². The van der Waals surface area contributed by atoms with E-state index in [0.717, 1.165) is 0 Å². The molecule has 0 aliphatic heterocycles. The van der Waals surface area contributed by atoms with Gasteiger partial charge in [0.1, 0.15) is 0 Å². The zero-order chi connectivity index (χ0) is 7.56. The highest BCUT2D eigenvalue weighted by atomic mass is 14.7. The lowest BCUT2D eigenvalue weighted by atomic mass is 9.71. The van der Waals surface area contributed by atoms with E-state index in [1.807, 2.05) is 7.05 Å². The van der Waals surface area contributed by atoms with E-state index in [2.05, 4.69) is 24.6 Å². The number of rotatable bonds is 2. The lowest BCUT2D eigenvalue weighted by Crippen LogP contribution is -2.29. The fraction of sp³-hybridized carbons (Fsp3) is 0.667. The molecule has 0 aromatic carbocycles. The van der Waals surface area contributed by atoms with Crippen molar-refractivity contribution in [2.75, 3.05) is 7.05 Å². The summed E-state index contributed by atoms with van der Waals surface area (Å²) in [7, 11) is 1.87. The summed E-state index contributed by atoms with van der Waals surface area (Å²) in [6.07, 6.45) is 4.67. The minimum atomic E-state index is 0.711. The molecule has 0 bridgehead atoms. The maximum atomic E-state index is 4.18. The number of hydrogen-bond acceptors (Lipinski definition) is 1. The number of aliphatic imine (C=N–C) groups is 1. The van der Waals surface area contributed by atoms with Gasteiger partial charge >= 0.3 is 0 Å². The molecule has 1 aliphatic rings. The van der Waals surface area contributed by atoms with Gasteiger partial charge in [-0.15, -0.1) is 6.58 Å². The first-order valence-corrected chi connectivity index (χ1v) is 3.85. The van der Waals surface area contributed by atoms with Crippen LogP contribution in [-0.2, 0) is 0 Å². The van der Waals surface area contributed by atoms with Crippen molar-refractivity contribution in [3.05, 3.63) is 12.7 Å². The second-order valence-corrected chi connectivity index (χ2v) is 2.95. The van der Waals surface area contributed by atoms with Gasteiger partial charge in [-0.05, 0) is 25.7 Å². The van der Waals surface area contributed by atoms with Gasteiger partial charge in [0, 0.05) is 18.7 Å². The van der Waals surface area contributed by atoms with Gasteiger partial charge in [-0.2, -0.15) is 0 Å². The van der Waals surface area contributed by atoms with Crippen LogP contribution in [0, 0.1) is 11.8 Å². The van der Waals surface area contributed by atoms with E-state index in [9.17, 15) is 0 Å². The summed E-state index contributed by atoms with van der Waals surface area (Å²) >= 11 is 0. The van der Waals surface area contributed by atoms with Crippen molar-refractivity contribution < 1.29 is 0 Å². The molecule has 1 aliphatic carbocycles. The quantitative estimate of drug-likeness (QED) is 0.409. The Hall–Kier alpha value is -0.590. The van der Waals surface area contributed by atoms with Gasteiger partial charge in [0.05, 0.1) is 0 Å². The van der Waals surface area contributed by atoms with Crippen molar-refractivity contribution in [1.82, 2.24) is 0 Å². The minimum absolute atomic E-state index is 0.711. The van der Waals surface area contributed by atoms with Crippen molar-refractivity contribution in [2.24, 2.45) is 16.8 Å². The average molecular weight is 137 g/mol. The van der Waals surface area contributed by atoms with Crippen LogP contribution >= 0.6 is 0 Å². The zero-order valence-electron chi connectivity index (χ0n) is 6.80. The molecule has 0 radical (unpaired) electrons. The highest BCUT2D eigenvalue weighted by Crippen LogP contribution is 2.35. The van der Waals surface area contributed by atoms with Crippen LogP contribution in [0.3, 0.4) is 0 Å². The number of allylic oxidation sites excluding steroid dienone is 1. The normalized spacial score (nSPS) is 33.2. The molecule has 0 N–H and O–H groups in total. The third-order valence-electron chi connectivity index (χ3n) is 2.52. The van der Waals surface area contributed by atoms with Gasteiger partial charge in [-0.25, -0.2) is 0 Å². The second kappa shape index (κ2) is 3.00. The summed E-state index contributed by atoms with van der Waals surface area (Å²) in [6, 6.07) is 0. The van der Waals surface area contributed by atoms with Crippen molar-refractivity contribution in [3.63, 3.8) is 0 Å². The lowest BCUT2D eigenvalue weighted by molar-refractivity contribution is 0.308. The molecular formula is C9H15N. The Bertz CT molecular complexity index is 158. The largest absolute Gasteiger partial charge is 0.297 e. The summed E-state index contributed by atoms with van der Waals surface area (Å²) in [5, 5.41) is 0. The molecule has 0 heterocycles. The molecular weight excluding hydrogens is 122 g/mol. The minimum Gasteiger partial charge on any atom is -0.297 e. The summed E-state index contributed by atoms with van der Waals surface area (Å²) < 4.78 is 0. The van der Waals surface area contributed by atoms with Crippen LogP contribution in [0.1, 0.15) is 19.8 Å². The highest BCUT2D eigenvalue weighted by molar-refractivity contribution is 5.85. The van der Waals surface area contributed by atoms with Crippen LogP contribution < -0.4 is 0 Å². The summed E-state index contributed by atoms with van der Waals surface area (Å²) in [5.74, 6) is 1.42. The molecule has 0 aromatic heterocycles. The molecule has 1 fully saturated rings. The predicted octanol–water partition coefficient (Wildman–Crippen LogP) is 2.29. The molecule has 1 saturated carbocycles. The molecule has 1 unspecified atom stereocenters. The smallest absolute Gasteiger partial charge is 0.0276 e. The maximum Gasteiger partial charge on any atom is 0.0276 e. The molecule has 0 aromatic rings. The van der Waals surface area contributed by atoms with Gasteiger partial charge in [0.25, 0.3) is 0 Å². The molecule has 0 saturated heterocycles. The second-order valence-electron chi connectivity index (χ2n) is 2.95. The van der Waals surface area contributed by atoms with Crippen molar-refractivity contribution >= 4 is 5.71 Å². The van der Waals surface area contributed by atoms with Crippen LogP contribution in [0.4, 0.5) is 0 Å². The van der Waals surface area contributed by atoms with Crippen LogP contribution in [0.5, 0.6) is 0 Å². The summed E-state index contributed by atoms with van der Waals surface area (Å²) in [5.41, 5.74) is 1.29. The fourth-order valence-electron chi connectivity index (χ4n) is 1.49. The van der Waals surface area contributed by atoms with Crippen LogP contribution in [0.25, 0.3) is 0 Å². The molecule has 0 spiro atoms. The topological polar surface area (TPSA) is 12.4 Å². The van der Waals surface area contributed by atoms with E-state index in [0.29, 0.717) is 11.8 Å².